The van der Waals surface area contributed by atoms with E-state index in [1.165, 1.54) is 11.1 Å². The summed E-state index contributed by atoms with van der Waals surface area (Å²) in [5.41, 5.74) is 4.57. The lowest BCUT2D eigenvalue weighted by atomic mass is 10.0. The number of amides is 1. The SMILES string of the molecule is COc1ccc(C)cc1C(C)NC(C)C(=O)N1CCCc2ccccc21. The summed E-state index contributed by atoms with van der Waals surface area (Å²) in [6.45, 7) is 6.86. The van der Waals surface area contributed by atoms with Gasteiger partial charge in [-0.3, -0.25) is 10.1 Å². The van der Waals surface area contributed by atoms with E-state index in [-0.39, 0.29) is 18.0 Å². The number of para-hydroxylation sites is 1. The van der Waals surface area contributed by atoms with Crippen molar-refractivity contribution in [3.05, 3.63) is 59.2 Å². The van der Waals surface area contributed by atoms with E-state index in [0.717, 1.165) is 36.4 Å². The molecule has 0 bridgehead atoms. The monoisotopic (exact) mass is 352 g/mol. The Kier molecular flexibility index (Phi) is 5.62. The number of fused-ring (bicyclic) bond motifs is 1. The van der Waals surface area contributed by atoms with Gasteiger partial charge in [-0.25, -0.2) is 0 Å². The largest absolute Gasteiger partial charge is 0.496 e. The Morgan fingerprint density at radius 3 is 2.73 bits per heavy atom. The van der Waals surface area contributed by atoms with Crippen LogP contribution in [0.4, 0.5) is 5.69 Å². The molecule has 2 atom stereocenters. The van der Waals surface area contributed by atoms with Crippen LogP contribution in [0.1, 0.15) is 43.0 Å². The lowest BCUT2D eigenvalue weighted by Crippen LogP contribution is -2.47. The standard InChI is InChI=1S/C22H28N2O2/c1-15-11-12-21(26-4)19(14-15)16(2)23-17(3)22(25)24-13-7-9-18-8-5-6-10-20(18)24/h5-6,8,10-12,14,16-17,23H,7,9,13H2,1-4H3. The van der Waals surface area contributed by atoms with Crippen LogP contribution in [0.5, 0.6) is 5.75 Å². The molecular weight excluding hydrogens is 324 g/mol. The predicted molar refractivity (Wildman–Crippen MR) is 106 cm³/mol. The first-order chi connectivity index (χ1) is 12.5. The minimum absolute atomic E-state index is 0.0174. The molecule has 4 nitrogen and oxygen atoms in total. The van der Waals surface area contributed by atoms with Crippen molar-refractivity contribution in [3.8, 4) is 5.75 Å². The number of rotatable bonds is 5. The molecule has 0 aliphatic carbocycles. The molecule has 2 aromatic rings. The molecule has 4 heteroatoms. The predicted octanol–water partition coefficient (Wildman–Crippen LogP) is 4.02. The lowest BCUT2D eigenvalue weighted by Gasteiger charge is -2.32. The second kappa shape index (κ2) is 7.92. The Hall–Kier alpha value is -2.33. The molecular formula is C22H28N2O2. The van der Waals surface area contributed by atoms with Crippen molar-refractivity contribution in [1.29, 1.82) is 0 Å². The summed E-state index contributed by atoms with van der Waals surface area (Å²) >= 11 is 0. The summed E-state index contributed by atoms with van der Waals surface area (Å²) in [6.07, 6.45) is 2.05. The molecule has 26 heavy (non-hydrogen) atoms. The van der Waals surface area contributed by atoms with Gasteiger partial charge in [0.05, 0.1) is 13.2 Å². The van der Waals surface area contributed by atoms with Crippen molar-refractivity contribution in [2.24, 2.45) is 0 Å². The van der Waals surface area contributed by atoms with Gasteiger partial charge in [-0.1, -0.05) is 35.9 Å². The normalized spacial score (nSPS) is 15.9. The minimum atomic E-state index is -0.277. The van der Waals surface area contributed by atoms with E-state index in [9.17, 15) is 4.79 Å². The quantitative estimate of drug-likeness (QED) is 0.884. The molecule has 1 amide bonds. The topological polar surface area (TPSA) is 41.6 Å². The summed E-state index contributed by atoms with van der Waals surface area (Å²) in [5.74, 6) is 0.967. The summed E-state index contributed by atoms with van der Waals surface area (Å²) in [6, 6.07) is 14.1. The molecule has 1 aliphatic heterocycles. The van der Waals surface area contributed by atoms with Gasteiger partial charge in [-0.15, -0.1) is 0 Å². The van der Waals surface area contributed by atoms with Gasteiger partial charge in [0.25, 0.3) is 0 Å². The maximum Gasteiger partial charge on any atom is 0.243 e. The number of nitrogens with one attached hydrogen (secondary N) is 1. The minimum Gasteiger partial charge on any atom is -0.496 e. The zero-order chi connectivity index (χ0) is 18.7. The number of carbonyl (C=O) groups excluding carboxylic acids is 1. The van der Waals surface area contributed by atoms with Gasteiger partial charge in [0.1, 0.15) is 5.75 Å². The summed E-state index contributed by atoms with van der Waals surface area (Å²) in [7, 11) is 1.68. The second-order valence-corrected chi connectivity index (χ2v) is 7.08. The van der Waals surface area contributed by atoms with E-state index in [1.54, 1.807) is 7.11 Å². The van der Waals surface area contributed by atoms with E-state index in [2.05, 4.69) is 31.3 Å². The molecule has 1 N–H and O–H groups in total. The lowest BCUT2D eigenvalue weighted by molar-refractivity contribution is -0.120. The first kappa shape index (κ1) is 18.5. The summed E-state index contributed by atoms with van der Waals surface area (Å²) in [5, 5.41) is 3.45. The fourth-order valence-corrected chi connectivity index (χ4v) is 3.72. The molecule has 2 unspecified atom stereocenters. The van der Waals surface area contributed by atoms with Crippen LogP contribution < -0.4 is 15.0 Å². The Morgan fingerprint density at radius 1 is 1.19 bits per heavy atom. The molecule has 0 saturated carbocycles. The Morgan fingerprint density at radius 2 is 1.96 bits per heavy atom. The van der Waals surface area contributed by atoms with Crippen LogP contribution in [0.2, 0.25) is 0 Å². The van der Waals surface area contributed by atoms with Gasteiger partial charge >= 0.3 is 0 Å². The molecule has 0 spiro atoms. The highest BCUT2D eigenvalue weighted by Crippen LogP contribution is 2.29. The molecule has 2 aromatic carbocycles. The van der Waals surface area contributed by atoms with E-state index in [1.807, 2.05) is 42.2 Å². The summed E-state index contributed by atoms with van der Waals surface area (Å²) < 4.78 is 5.49. The maximum absolute atomic E-state index is 13.1. The second-order valence-electron chi connectivity index (χ2n) is 7.08. The van der Waals surface area contributed by atoms with E-state index < -0.39 is 0 Å². The Labute approximate surface area is 156 Å². The molecule has 0 fully saturated rings. The first-order valence-electron chi connectivity index (χ1n) is 9.31. The van der Waals surface area contributed by atoms with E-state index >= 15 is 0 Å². The van der Waals surface area contributed by atoms with Gasteiger partial charge in [-0.05, 0) is 51.3 Å². The third-order valence-electron chi connectivity index (χ3n) is 5.10. The number of nitrogens with zero attached hydrogens (tertiary/aromatic N) is 1. The molecule has 1 aliphatic rings. The van der Waals surface area contributed by atoms with Crippen LogP contribution in [0.3, 0.4) is 0 Å². The van der Waals surface area contributed by atoms with Crippen LogP contribution in [0.15, 0.2) is 42.5 Å². The number of ether oxygens (including phenoxy) is 1. The highest BCUT2D eigenvalue weighted by atomic mass is 16.5. The van der Waals surface area contributed by atoms with Gasteiger partial charge in [-0.2, -0.15) is 0 Å². The fraction of sp³-hybridized carbons (Fsp3) is 0.409. The number of aryl methyl sites for hydroxylation is 2. The van der Waals surface area contributed by atoms with Gasteiger partial charge < -0.3 is 9.64 Å². The van der Waals surface area contributed by atoms with Crippen LogP contribution in [0.25, 0.3) is 0 Å². The van der Waals surface area contributed by atoms with Crippen LogP contribution >= 0.6 is 0 Å². The maximum atomic E-state index is 13.1. The smallest absolute Gasteiger partial charge is 0.243 e. The molecule has 3 rings (SSSR count). The third-order valence-corrected chi connectivity index (χ3v) is 5.10. The van der Waals surface area contributed by atoms with Crippen LogP contribution in [0, 0.1) is 6.92 Å². The molecule has 0 saturated heterocycles. The molecule has 138 valence electrons. The van der Waals surface area contributed by atoms with Crippen molar-refractivity contribution in [2.75, 3.05) is 18.6 Å². The average molecular weight is 352 g/mol. The molecule has 1 heterocycles. The number of carbonyl (C=O) groups is 1. The summed E-state index contributed by atoms with van der Waals surface area (Å²) in [4.78, 5) is 15.0. The van der Waals surface area contributed by atoms with E-state index in [0.29, 0.717) is 0 Å². The fourth-order valence-electron chi connectivity index (χ4n) is 3.72. The Balaban J connectivity index is 1.75. The van der Waals surface area contributed by atoms with E-state index in [4.69, 9.17) is 4.74 Å². The number of hydrogen-bond acceptors (Lipinski definition) is 3. The first-order valence-corrected chi connectivity index (χ1v) is 9.31. The molecule has 0 aromatic heterocycles. The Bertz CT molecular complexity index is 787. The number of benzene rings is 2. The van der Waals surface area contributed by atoms with Gasteiger partial charge in [0.15, 0.2) is 0 Å². The van der Waals surface area contributed by atoms with Gasteiger partial charge in [0, 0.05) is 23.8 Å². The molecule has 0 radical (unpaired) electrons. The van der Waals surface area contributed by atoms with Crippen LogP contribution in [-0.4, -0.2) is 25.6 Å². The van der Waals surface area contributed by atoms with Crippen LogP contribution in [-0.2, 0) is 11.2 Å². The number of anilines is 1. The van der Waals surface area contributed by atoms with Gasteiger partial charge in [0.2, 0.25) is 5.91 Å². The third kappa shape index (κ3) is 3.75. The zero-order valence-electron chi connectivity index (χ0n) is 16.1. The van der Waals surface area contributed by atoms with Crippen molar-refractivity contribution in [3.63, 3.8) is 0 Å². The van der Waals surface area contributed by atoms with Crippen molar-refractivity contribution in [2.45, 2.75) is 45.7 Å². The highest BCUT2D eigenvalue weighted by molar-refractivity contribution is 5.98. The van der Waals surface area contributed by atoms with Crippen molar-refractivity contribution in [1.82, 2.24) is 5.32 Å². The number of methoxy groups -OCH3 is 1. The van der Waals surface area contributed by atoms with Crippen molar-refractivity contribution < 1.29 is 9.53 Å². The van der Waals surface area contributed by atoms with Crippen molar-refractivity contribution >= 4 is 11.6 Å². The zero-order valence-corrected chi connectivity index (χ0v) is 16.1. The number of hydrogen-bond donors (Lipinski definition) is 1. The highest BCUT2D eigenvalue weighted by Gasteiger charge is 2.27. The average Bonchev–Trinajstić information content (AvgIpc) is 2.66.